The number of fused-ring (bicyclic) bond motifs is 1. The van der Waals surface area contributed by atoms with E-state index in [9.17, 15) is 34.1 Å². The van der Waals surface area contributed by atoms with Crippen molar-refractivity contribution in [3.05, 3.63) is 58.1 Å². The molecule has 6 atom stereocenters. The first kappa shape index (κ1) is 30.6. The number of nitriles is 1. The number of halogens is 1. The second-order valence-electron chi connectivity index (χ2n) is 9.84. The molecule has 0 aromatic heterocycles. The molecule has 2 aromatic carbocycles. The molecule has 1 saturated heterocycles. The summed E-state index contributed by atoms with van der Waals surface area (Å²) in [5.74, 6) is 0.385. The van der Waals surface area contributed by atoms with Crippen molar-refractivity contribution >= 4 is 21.6 Å². The van der Waals surface area contributed by atoms with Gasteiger partial charge < -0.3 is 35.6 Å². The van der Waals surface area contributed by atoms with Crippen LogP contribution in [0.25, 0.3) is 0 Å². The number of aliphatic hydroxyl groups excluding tert-OH is 5. The van der Waals surface area contributed by atoms with Crippen LogP contribution in [0, 0.1) is 11.3 Å². The normalized spacial score (nSPS) is 22.6. The molecule has 2 aromatic rings. The van der Waals surface area contributed by atoms with Crippen LogP contribution in [0.1, 0.15) is 22.8 Å². The summed E-state index contributed by atoms with van der Waals surface area (Å²) < 4.78 is 34.4. The van der Waals surface area contributed by atoms with E-state index in [1.54, 1.807) is 12.1 Å². The quantitative estimate of drug-likeness (QED) is 0.166. The molecular formula is C26H33ClN4O8S. The summed E-state index contributed by atoms with van der Waals surface area (Å²) in [4.78, 5) is 2.12. The number of sulfonamides is 1. The van der Waals surface area contributed by atoms with Gasteiger partial charge in [0.1, 0.15) is 30.2 Å². The molecule has 1 heterocycles. The number of benzene rings is 2. The fourth-order valence-electron chi connectivity index (χ4n) is 5.14. The Kier molecular flexibility index (Phi) is 10.0. The average molecular weight is 597 g/mol. The third-order valence-electron chi connectivity index (χ3n) is 7.30. The Morgan fingerprint density at radius 3 is 2.38 bits per heavy atom. The fourth-order valence-corrected chi connectivity index (χ4v) is 6.61. The molecule has 14 heteroatoms. The van der Waals surface area contributed by atoms with E-state index >= 15 is 0 Å². The van der Waals surface area contributed by atoms with Gasteiger partial charge in [0.15, 0.2) is 0 Å². The SMILES string of the molecule is N#Cc1cc(Cl)cc2c1C[C@H](N1CCNCC1)[C@H]2Oc1ccc(S(=O)(=O)N[C@@H](CO)[C@@H](O)[C@H](O)[C@H](O)CO)cc1. The molecule has 0 unspecified atom stereocenters. The second-order valence-corrected chi connectivity index (χ2v) is 12.0. The van der Waals surface area contributed by atoms with Gasteiger partial charge in [-0.05, 0) is 53.9 Å². The van der Waals surface area contributed by atoms with Gasteiger partial charge in [0.2, 0.25) is 10.0 Å². The highest BCUT2D eigenvalue weighted by molar-refractivity contribution is 7.89. The first-order valence-electron chi connectivity index (χ1n) is 12.8. The maximum atomic E-state index is 12.9. The van der Waals surface area contributed by atoms with Crippen LogP contribution in [0.3, 0.4) is 0 Å². The molecule has 2 aliphatic rings. The summed E-state index contributed by atoms with van der Waals surface area (Å²) in [6.07, 6.45) is -5.35. The molecule has 1 fully saturated rings. The zero-order chi connectivity index (χ0) is 29.0. The van der Waals surface area contributed by atoms with E-state index in [0.29, 0.717) is 22.8 Å². The highest BCUT2D eigenvalue weighted by atomic mass is 35.5. The van der Waals surface area contributed by atoms with Gasteiger partial charge >= 0.3 is 0 Å². The van der Waals surface area contributed by atoms with Crippen molar-refractivity contribution in [2.75, 3.05) is 39.4 Å². The van der Waals surface area contributed by atoms with Crippen LogP contribution < -0.4 is 14.8 Å². The van der Waals surface area contributed by atoms with Gasteiger partial charge in [-0.3, -0.25) is 4.90 Å². The zero-order valence-electron chi connectivity index (χ0n) is 21.5. The Labute approximate surface area is 237 Å². The number of nitrogens with one attached hydrogen (secondary N) is 2. The maximum absolute atomic E-state index is 12.9. The lowest BCUT2D eigenvalue weighted by atomic mass is 10.0. The maximum Gasteiger partial charge on any atom is 0.240 e. The number of aliphatic hydroxyl groups is 5. The molecule has 7 N–H and O–H groups in total. The lowest BCUT2D eigenvalue weighted by Crippen LogP contribution is -2.54. The zero-order valence-corrected chi connectivity index (χ0v) is 23.1. The van der Waals surface area contributed by atoms with E-state index in [2.05, 4.69) is 21.0 Å². The van der Waals surface area contributed by atoms with Gasteiger partial charge in [-0.15, -0.1) is 0 Å². The van der Waals surface area contributed by atoms with E-state index < -0.39 is 53.7 Å². The van der Waals surface area contributed by atoms with Crippen molar-refractivity contribution in [3.8, 4) is 11.8 Å². The van der Waals surface area contributed by atoms with Crippen LogP contribution in [-0.2, 0) is 16.4 Å². The summed E-state index contributed by atoms with van der Waals surface area (Å²) in [7, 11) is -4.27. The Morgan fingerprint density at radius 1 is 1.10 bits per heavy atom. The Morgan fingerprint density at radius 2 is 1.77 bits per heavy atom. The van der Waals surface area contributed by atoms with Crippen LogP contribution in [0.4, 0.5) is 0 Å². The highest BCUT2D eigenvalue weighted by Crippen LogP contribution is 2.41. The largest absolute Gasteiger partial charge is 0.484 e. The Hall–Kier alpha value is -2.35. The number of ether oxygens (including phenoxy) is 1. The average Bonchev–Trinajstić information content (AvgIpc) is 3.32. The van der Waals surface area contributed by atoms with Gasteiger partial charge in [0.05, 0.1) is 41.8 Å². The van der Waals surface area contributed by atoms with Crippen molar-refractivity contribution in [1.29, 1.82) is 5.26 Å². The van der Waals surface area contributed by atoms with Gasteiger partial charge in [-0.1, -0.05) is 11.6 Å². The summed E-state index contributed by atoms with van der Waals surface area (Å²) >= 11 is 6.32. The van der Waals surface area contributed by atoms with Crippen LogP contribution >= 0.6 is 11.6 Å². The van der Waals surface area contributed by atoms with Crippen LogP contribution in [0.15, 0.2) is 41.3 Å². The van der Waals surface area contributed by atoms with Gasteiger partial charge in [-0.25, -0.2) is 13.1 Å². The lowest BCUT2D eigenvalue weighted by Gasteiger charge is -2.36. The molecule has 0 radical (unpaired) electrons. The number of nitrogens with zero attached hydrogens (tertiary/aromatic N) is 2. The first-order chi connectivity index (χ1) is 19.1. The molecule has 218 valence electrons. The van der Waals surface area contributed by atoms with E-state index in [1.807, 2.05) is 0 Å². The molecule has 1 aliphatic carbocycles. The lowest BCUT2D eigenvalue weighted by molar-refractivity contribution is -0.0891. The minimum Gasteiger partial charge on any atom is -0.484 e. The minimum atomic E-state index is -4.27. The number of piperazine rings is 1. The summed E-state index contributed by atoms with van der Waals surface area (Å²) in [6, 6.07) is 9.61. The van der Waals surface area contributed by atoms with E-state index in [-0.39, 0.29) is 10.9 Å². The monoisotopic (exact) mass is 596 g/mol. The smallest absolute Gasteiger partial charge is 0.240 e. The van der Waals surface area contributed by atoms with Crippen molar-refractivity contribution in [3.63, 3.8) is 0 Å². The minimum absolute atomic E-state index is 0.0553. The number of hydrogen-bond acceptors (Lipinski definition) is 11. The number of rotatable bonds is 11. The third-order valence-corrected chi connectivity index (χ3v) is 9.03. The van der Waals surface area contributed by atoms with E-state index in [1.165, 1.54) is 24.3 Å². The molecule has 4 rings (SSSR count). The standard InChI is InChI=1S/C26H33ClN4O8S/c27-16-9-15(12-28)19-11-22(31-7-5-29-6-8-31)26(20(19)10-16)39-17-1-3-18(4-2-17)40(37,38)30-21(13-32)24(35)25(36)23(34)14-33/h1-4,9-10,21-26,29-30,32-36H,5-8,11,13-14H2/t21-,22-,23+,24+,25+,26-/m0/s1. The van der Waals surface area contributed by atoms with Gasteiger partial charge in [-0.2, -0.15) is 5.26 Å². The predicted molar refractivity (Wildman–Crippen MR) is 144 cm³/mol. The van der Waals surface area contributed by atoms with Gasteiger partial charge in [0.25, 0.3) is 0 Å². The summed E-state index contributed by atoms with van der Waals surface area (Å²) in [6.45, 7) is 1.51. The molecule has 40 heavy (non-hydrogen) atoms. The van der Waals surface area contributed by atoms with Gasteiger partial charge in [0, 0.05) is 31.2 Å². The molecule has 1 aliphatic heterocycles. The van der Waals surface area contributed by atoms with Crippen molar-refractivity contribution < 1.29 is 38.7 Å². The first-order valence-corrected chi connectivity index (χ1v) is 14.7. The van der Waals surface area contributed by atoms with Crippen molar-refractivity contribution in [2.45, 2.75) is 47.8 Å². The number of hydrogen-bond donors (Lipinski definition) is 7. The Bertz CT molecular complexity index is 1320. The summed E-state index contributed by atoms with van der Waals surface area (Å²) in [5, 5.41) is 61.6. The Balaban J connectivity index is 1.55. The molecule has 0 amide bonds. The predicted octanol–water partition coefficient (Wildman–Crippen LogP) is -1.12. The van der Waals surface area contributed by atoms with Crippen molar-refractivity contribution in [1.82, 2.24) is 14.9 Å². The second kappa shape index (κ2) is 13.1. The fraction of sp³-hybridized carbons (Fsp3) is 0.500. The van der Waals surface area contributed by atoms with E-state index in [4.69, 9.17) is 21.4 Å². The summed E-state index contributed by atoms with van der Waals surface area (Å²) in [5.41, 5.74) is 2.19. The highest BCUT2D eigenvalue weighted by Gasteiger charge is 2.40. The van der Waals surface area contributed by atoms with Crippen LogP contribution in [0.5, 0.6) is 5.75 Å². The molecular weight excluding hydrogens is 564 g/mol. The molecule has 0 bridgehead atoms. The van der Waals surface area contributed by atoms with E-state index in [0.717, 1.165) is 37.3 Å². The third kappa shape index (κ3) is 6.58. The molecule has 0 saturated carbocycles. The van der Waals surface area contributed by atoms with Crippen LogP contribution in [-0.4, -0.2) is 109 Å². The molecule has 12 nitrogen and oxygen atoms in total. The van der Waals surface area contributed by atoms with Crippen molar-refractivity contribution in [2.24, 2.45) is 0 Å². The molecule has 0 spiro atoms. The van der Waals surface area contributed by atoms with Crippen LogP contribution in [0.2, 0.25) is 5.02 Å². The topological polar surface area (TPSA) is 196 Å².